The largest absolute Gasteiger partial charge is 0.363 e. The van der Waals surface area contributed by atoms with E-state index in [9.17, 15) is 28.8 Å². The Morgan fingerprint density at radius 3 is 1.78 bits per heavy atom. The summed E-state index contributed by atoms with van der Waals surface area (Å²) in [7, 11) is 0. The van der Waals surface area contributed by atoms with Crippen LogP contribution in [0.1, 0.15) is 116 Å². The van der Waals surface area contributed by atoms with Crippen molar-refractivity contribution in [2.45, 2.75) is 140 Å². The molecule has 0 aromatic carbocycles. The van der Waals surface area contributed by atoms with Gasteiger partial charge >= 0.3 is 6.03 Å². The Kier molecular flexibility index (Phi) is 21.0. The molecular formula is C33H64N6O6. The molecule has 12 nitrogen and oxygen atoms in total. The summed E-state index contributed by atoms with van der Waals surface area (Å²) < 4.78 is 0. The van der Waals surface area contributed by atoms with Crippen LogP contribution in [-0.2, 0) is 24.0 Å². The number of nitrogens with one attached hydrogen (secondary N) is 4. The summed E-state index contributed by atoms with van der Waals surface area (Å²) in [5, 5.41) is 10.4. The van der Waals surface area contributed by atoms with Crippen molar-refractivity contribution in [3.63, 3.8) is 0 Å². The van der Waals surface area contributed by atoms with Crippen LogP contribution >= 0.6 is 0 Å². The molecule has 0 saturated carbocycles. The minimum Gasteiger partial charge on any atom is -0.363 e. The molecule has 0 aromatic heterocycles. The van der Waals surface area contributed by atoms with E-state index in [-0.39, 0.29) is 30.8 Å². The van der Waals surface area contributed by atoms with Gasteiger partial charge in [0.15, 0.2) is 0 Å². The third kappa shape index (κ3) is 19.7. The maximum atomic E-state index is 13.6. The van der Waals surface area contributed by atoms with Crippen molar-refractivity contribution in [2.75, 3.05) is 13.1 Å². The Labute approximate surface area is 272 Å². The minimum absolute atomic E-state index is 0.0607. The van der Waals surface area contributed by atoms with Gasteiger partial charge in [0.2, 0.25) is 23.5 Å². The monoisotopic (exact) mass is 640 g/mol. The molecule has 6 amide bonds. The molecular weight excluding hydrogens is 576 g/mol. The highest BCUT2D eigenvalue weighted by atomic mass is 16.2. The van der Waals surface area contributed by atoms with E-state index in [1.165, 1.54) is 4.90 Å². The zero-order chi connectivity index (χ0) is 35.7. The Balaban J connectivity index is 0. The molecule has 1 heterocycles. The number of carbonyl (C=O) groups excluding carboxylic acids is 6. The second kappa shape index (κ2) is 21.5. The summed E-state index contributed by atoms with van der Waals surface area (Å²) in [5.41, 5.74) is 4.48. The van der Waals surface area contributed by atoms with E-state index in [4.69, 9.17) is 5.73 Å². The van der Waals surface area contributed by atoms with Crippen molar-refractivity contribution >= 4 is 35.4 Å². The zero-order valence-corrected chi connectivity index (χ0v) is 30.3. The van der Waals surface area contributed by atoms with E-state index >= 15 is 0 Å². The molecule has 1 rings (SSSR count). The number of likely N-dealkylation sites (tertiary alicyclic amines) is 1. The molecule has 1 saturated heterocycles. The highest BCUT2D eigenvalue weighted by Crippen LogP contribution is 2.26. The van der Waals surface area contributed by atoms with E-state index in [0.29, 0.717) is 19.4 Å². The van der Waals surface area contributed by atoms with E-state index < -0.39 is 53.1 Å². The van der Waals surface area contributed by atoms with Gasteiger partial charge < -0.3 is 31.9 Å². The van der Waals surface area contributed by atoms with Gasteiger partial charge in [-0.25, -0.2) is 4.79 Å². The molecule has 6 N–H and O–H groups in total. The molecule has 45 heavy (non-hydrogen) atoms. The van der Waals surface area contributed by atoms with Gasteiger partial charge in [0.1, 0.15) is 12.1 Å². The predicted molar refractivity (Wildman–Crippen MR) is 179 cm³/mol. The number of rotatable bonds is 12. The number of amides is 6. The first-order valence-electron chi connectivity index (χ1n) is 16.3. The van der Waals surface area contributed by atoms with Gasteiger partial charge in [0.05, 0.1) is 12.6 Å². The maximum Gasteiger partial charge on any atom is 0.315 e. The van der Waals surface area contributed by atoms with Crippen LogP contribution in [0.5, 0.6) is 0 Å². The number of Topliss-reactive ketones (excluding diaryl/α,β-unsaturated/α-hetero) is 1. The van der Waals surface area contributed by atoms with Crippen LogP contribution in [0.2, 0.25) is 0 Å². The fraction of sp³-hybridized carbons (Fsp3) is 0.818. The zero-order valence-electron chi connectivity index (χ0n) is 30.3. The molecule has 262 valence electrons. The smallest absolute Gasteiger partial charge is 0.315 e. The first kappa shape index (κ1) is 43.9. The lowest BCUT2D eigenvalue weighted by molar-refractivity contribution is -0.143. The minimum atomic E-state index is -1.13. The third-order valence-electron chi connectivity index (χ3n) is 6.30. The Morgan fingerprint density at radius 2 is 1.36 bits per heavy atom. The van der Waals surface area contributed by atoms with Crippen LogP contribution in [0.4, 0.5) is 4.79 Å². The molecule has 12 heteroatoms. The molecule has 0 aromatic rings. The number of nitrogens with zero attached hydrogens (tertiary/aromatic N) is 1. The molecule has 4 atom stereocenters. The highest BCUT2D eigenvalue weighted by Gasteiger charge is 2.42. The summed E-state index contributed by atoms with van der Waals surface area (Å²) in [6.45, 7) is 25.8. The van der Waals surface area contributed by atoms with Crippen LogP contribution in [0.15, 0.2) is 0 Å². The van der Waals surface area contributed by atoms with Crippen molar-refractivity contribution < 1.29 is 28.8 Å². The third-order valence-corrected chi connectivity index (χ3v) is 6.30. The van der Waals surface area contributed by atoms with E-state index in [2.05, 4.69) is 62.8 Å². The summed E-state index contributed by atoms with van der Waals surface area (Å²) in [4.78, 5) is 76.3. The summed E-state index contributed by atoms with van der Waals surface area (Å²) in [6.07, 6.45) is 1.92. The molecule has 0 spiro atoms. The number of hydrogen-bond acceptors (Lipinski definition) is 6. The standard InChI is InChI=1S/C25H44N6O6.2C4H10/c1-8-15(4)12-16(19(33)21(26)34)29-22(35)17-10-9-11-31(17)23(36)20(25(5,6)7)30-24(37)27-13-18(32)28-14(2)3;2*1-4(2)3/h14-17,20H,8-13H2,1-7H3,(H2,26,34)(H,28,32)(H,29,35)(H2,27,30,37);2*4H,1-3H3. The molecule has 0 bridgehead atoms. The average molecular weight is 641 g/mol. The van der Waals surface area contributed by atoms with E-state index in [1.807, 2.05) is 13.8 Å². The van der Waals surface area contributed by atoms with Crippen molar-refractivity contribution in [3.05, 3.63) is 0 Å². The number of hydrogen-bond donors (Lipinski definition) is 5. The van der Waals surface area contributed by atoms with Gasteiger partial charge in [0, 0.05) is 12.6 Å². The van der Waals surface area contributed by atoms with Crippen molar-refractivity contribution in [2.24, 2.45) is 28.9 Å². The predicted octanol–water partition coefficient (Wildman–Crippen LogP) is 3.52. The first-order chi connectivity index (χ1) is 20.5. The van der Waals surface area contributed by atoms with Gasteiger partial charge in [-0.15, -0.1) is 0 Å². The topological polar surface area (TPSA) is 180 Å². The lowest BCUT2D eigenvalue weighted by atomic mass is 9.85. The Bertz CT molecular complexity index is 948. The van der Waals surface area contributed by atoms with Gasteiger partial charge in [-0.2, -0.15) is 0 Å². The number of carbonyl (C=O) groups is 6. The number of urea groups is 1. The normalized spacial score (nSPS) is 16.4. The molecule has 4 unspecified atom stereocenters. The number of primary amides is 1. The van der Waals surface area contributed by atoms with Crippen molar-refractivity contribution in [3.8, 4) is 0 Å². The quantitative estimate of drug-likeness (QED) is 0.204. The lowest BCUT2D eigenvalue weighted by Crippen LogP contribution is -2.60. The SMILES string of the molecule is CC(C)C.CC(C)C.CCC(C)CC(NC(=O)C1CCCN1C(=O)C(NC(=O)NCC(=O)NC(C)C)C(C)(C)C)C(=O)C(N)=O. The molecule has 1 aliphatic heterocycles. The van der Waals surface area contributed by atoms with E-state index in [0.717, 1.165) is 18.3 Å². The van der Waals surface area contributed by atoms with Crippen LogP contribution in [0, 0.1) is 23.2 Å². The van der Waals surface area contributed by atoms with Crippen molar-refractivity contribution in [1.82, 2.24) is 26.2 Å². The van der Waals surface area contributed by atoms with Crippen LogP contribution in [0.25, 0.3) is 0 Å². The number of ketones is 1. The second-order valence-electron chi connectivity index (χ2n) is 14.5. The average Bonchev–Trinajstić information content (AvgIpc) is 3.37. The second-order valence-corrected chi connectivity index (χ2v) is 14.5. The maximum absolute atomic E-state index is 13.6. The summed E-state index contributed by atoms with van der Waals surface area (Å²) in [5.74, 6) is -1.64. The van der Waals surface area contributed by atoms with Crippen LogP contribution in [-0.4, -0.2) is 77.6 Å². The fourth-order valence-electron chi connectivity index (χ4n) is 4.07. The summed E-state index contributed by atoms with van der Waals surface area (Å²) >= 11 is 0. The Hall–Kier alpha value is -3.18. The molecule has 0 aliphatic carbocycles. The first-order valence-corrected chi connectivity index (χ1v) is 16.3. The van der Waals surface area contributed by atoms with Crippen molar-refractivity contribution in [1.29, 1.82) is 0 Å². The lowest BCUT2D eigenvalue weighted by Gasteiger charge is -2.35. The van der Waals surface area contributed by atoms with Crippen LogP contribution in [0.3, 0.4) is 0 Å². The number of nitrogens with two attached hydrogens (primary N) is 1. The highest BCUT2D eigenvalue weighted by molar-refractivity contribution is 6.37. The molecule has 0 radical (unpaired) electrons. The van der Waals surface area contributed by atoms with Gasteiger partial charge in [-0.1, -0.05) is 82.6 Å². The van der Waals surface area contributed by atoms with E-state index in [1.54, 1.807) is 34.6 Å². The van der Waals surface area contributed by atoms with Crippen LogP contribution < -0.4 is 27.0 Å². The molecule has 1 aliphatic rings. The molecule has 1 fully saturated rings. The summed E-state index contributed by atoms with van der Waals surface area (Å²) in [6, 6.07) is -3.69. The Morgan fingerprint density at radius 1 is 0.844 bits per heavy atom. The van der Waals surface area contributed by atoms with Gasteiger partial charge in [0.25, 0.3) is 5.91 Å². The fourth-order valence-corrected chi connectivity index (χ4v) is 4.07. The van der Waals surface area contributed by atoms with Gasteiger partial charge in [-0.3, -0.25) is 24.0 Å². The van der Waals surface area contributed by atoms with Gasteiger partial charge in [-0.05, 0) is 56.3 Å².